The van der Waals surface area contributed by atoms with E-state index in [0.717, 1.165) is 22.6 Å². The summed E-state index contributed by atoms with van der Waals surface area (Å²) in [6.45, 7) is 1.72. The molecule has 3 heterocycles. The highest BCUT2D eigenvalue weighted by Gasteiger charge is 2.32. The van der Waals surface area contributed by atoms with Gasteiger partial charge in [-0.05, 0) is 55.3 Å². The van der Waals surface area contributed by atoms with Crippen molar-refractivity contribution in [1.82, 2.24) is 10.3 Å². The van der Waals surface area contributed by atoms with Gasteiger partial charge in [-0.1, -0.05) is 6.07 Å². The molecule has 0 aliphatic carbocycles. The lowest BCUT2D eigenvalue weighted by molar-refractivity contribution is -0.113. The fourth-order valence-corrected chi connectivity index (χ4v) is 5.39. The average Bonchev–Trinajstić information content (AvgIpc) is 3.31. The molecule has 2 aromatic carbocycles. The predicted octanol–water partition coefficient (Wildman–Crippen LogP) is 3.97. The van der Waals surface area contributed by atoms with Crippen LogP contribution in [0.4, 0.5) is 16.2 Å². The molecule has 10 nitrogen and oxygen atoms in total. The monoisotopic (exact) mass is 536 g/mol. The summed E-state index contributed by atoms with van der Waals surface area (Å²) in [7, 11) is 2.91. The van der Waals surface area contributed by atoms with Gasteiger partial charge in [-0.15, -0.1) is 11.8 Å². The first kappa shape index (κ1) is 25.8. The van der Waals surface area contributed by atoms with Crippen LogP contribution in [0, 0.1) is 0 Å². The van der Waals surface area contributed by atoms with Crippen LogP contribution in [0.15, 0.2) is 47.4 Å². The number of hydrogen-bond donors (Lipinski definition) is 2. The van der Waals surface area contributed by atoms with Crippen LogP contribution in [-0.4, -0.2) is 62.1 Å². The second-order valence-electron chi connectivity index (χ2n) is 8.97. The van der Waals surface area contributed by atoms with Gasteiger partial charge in [-0.3, -0.25) is 9.69 Å². The van der Waals surface area contributed by atoms with Crippen LogP contribution < -0.4 is 20.3 Å². The summed E-state index contributed by atoms with van der Waals surface area (Å²) in [6.07, 6.45) is 0.920. The minimum atomic E-state index is -0.416. The molecule has 2 aliphatic rings. The topological polar surface area (TPSA) is 119 Å². The highest BCUT2D eigenvalue weighted by molar-refractivity contribution is 8.00. The summed E-state index contributed by atoms with van der Waals surface area (Å²) in [4.78, 5) is 43.6. The van der Waals surface area contributed by atoms with E-state index in [2.05, 4.69) is 15.6 Å². The van der Waals surface area contributed by atoms with Crippen LogP contribution in [-0.2, 0) is 20.8 Å². The molecule has 198 valence electrons. The average molecular weight is 537 g/mol. The highest BCUT2D eigenvalue weighted by Crippen LogP contribution is 2.35. The largest absolute Gasteiger partial charge is 0.481 e. The molecule has 0 bridgehead atoms. The lowest BCUT2D eigenvalue weighted by atomic mass is 10.0. The van der Waals surface area contributed by atoms with E-state index in [0.29, 0.717) is 59.8 Å². The molecule has 0 unspecified atom stereocenters. The third-order valence-electron chi connectivity index (χ3n) is 6.51. The maximum atomic E-state index is 12.5. The number of benzene rings is 2. The number of anilines is 2. The number of fused-ring (bicyclic) bond motifs is 2. The van der Waals surface area contributed by atoms with Gasteiger partial charge in [0.05, 0.1) is 43.3 Å². The quantitative estimate of drug-likeness (QED) is 0.309. The highest BCUT2D eigenvalue weighted by atomic mass is 32.2. The van der Waals surface area contributed by atoms with Crippen molar-refractivity contribution in [3.8, 4) is 5.88 Å². The van der Waals surface area contributed by atoms with Crippen LogP contribution in [0.3, 0.4) is 0 Å². The van der Waals surface area contributed by atoms with Gasteiger partial charge in [0.1, 0.15) is 6.10 Å². The Morgan fingerprint density at radius 3 is 2.89 bits per heavy atom. The zero-order valence-corrected chi connectivity index (χ0v) is 21.9. The van der Waals surface area contributed by atoms with Gasteiger partial charge in [0.15, 0.2) is 0 Å². The van der Waals surface area contributed by atoms with Crippen molar-refractivity contribution in [2.75, 3.05) is 43.3 Å². The normalized spacial score (nSPS) is 16.7. The van der Waals surface area contributed by atoms with Crippen LogP contribution in [0.25, 0.3) is 10.9 Å². The molecule has 1 atom stereocenters. The van der Waals surface area contributed by atoms with Crippen molar-refractivity contribution in [3.05, 3.63) is 53.6 Å². The molecule has 1 saturated heterocycles. The fraction of sp³-hybridized carbons (Fsp3) is 0.333. The van der Waals surface area contributed by atoms with Gasteiger partial charge in [-0.2, -0.15) is 0 Å². The summed E-state index contributed by atoms with van der Waals surface area (Å²) in [6, 6.07) is 12.8. The number of nitrogens with one attached hydrogen (secondary N) is 2. The Bertz CT molecular complexity index is 1400. The first-order valence-electron chi connectivity index (χ1n) is 12.3. The molecule has 2 N–H and O–H groups in total. The van der Waals surface area contributed by atoms with Gasteiger partial charge in [0, 0.05) is 28.6 Å². The molecule has 11 heteroatoms. The number of cyclic esters (lactones) is 1. The third kappa shape index (κ3) is 5.39. The van der Waals surface area contributed by atoms with Crippen molar-refractivity contribution >= 4 is 52.0 Å². The molecule has 3 aromatic rings. The van der Waals surface area contributed by atoms with Crippen molar-refractivity contribution in [3.63, 3.8) is 0 Å². The summed E-state index contributed by atoms with van der Waals surface area (Å²) in [5.41, 5.74) is 3.50. The molecule has 2 amide bonds. The standard InChI is InChI=1S/C27H28N4O6S/c1-35-24-10-8-19-20(26(33)36-2)7-5-16(25(19)30-24)13-28-11-3-4-18-14-31(27(34)37-18)17-6-9-22-21(12-17)29-23(32)15-38-22/h5-10,12,18,28H,3-4,11,13-15H2,1-2H3,(H,29,32)/t18-/m0/s1. The van der Waals surface area contributed by atoms with E-state index in [9.17, 15) is 14.4 Å². The number of amides is 2. The molecule has 5 rings (SSSR count). The number of esters is 1. The van der Waals surface area contributed by atoms with E-state index in [1.165, 1.54) is 18.9 Å². The Hall–Kier alpha value is -3.83. The summed E-state index contributed by atoms with van der Waals surface area (Å²) >= 11 is 1.48. The minimum absolute atomic E-state index is 0.0450. The van der Waals surface area contributed by atoms with Crippen LogP contribution >= 0.6 is 11.8 Å². The van der Waals surface area contributed by atoms with E-state index < -0.39 is 5.97 Å². The Kier molecular flexibility index (Phi) is 7.66. The van der Waals surface area contributed by atoms with Crippen molar-refractivity contribution in [2.45, 2.75) is 30.4 Å². The zero-order valence-electron chi connectivity index (χ0n) is 21.1. The molecule has 38 heavy (non-hydrogen) atoms. The number of pyridine rings is 1. The summed E-state index contributed by atoms with van der Waals surface area (Å²) < 4.78 is 15.8. The lowest BCUT2D eigenvalue weighted by Crippen LogP contribution is -2.25. The molecule has 1 aromatic heterocycles. The SMILES string of the molecule is COC(=O)c1ccc(CNCCC[C@H]2CN(c3ccc4c(c3)NC(=O)CS4)C(=O)O2)c2nc(OC)ccc12. The summed E-state index contributed by atoms with van der Waals surface area (Å²) in [5.74, 6) is 0.402. The molecular weight excluding hydrogens is 508 g/mol. The summed E-state index contributed by atoms with van der Waals surface area (Å²) in [5, 5.41) is 6.98. The number of nitrogens with zero attached hydrogens (tertiary/aromatic N) is 2. The molecule has 0 radical (unpaired) electrons. The lowest BCUT2D eigenvalue weighted by Gasteiger charge is -2.20. The van der Waals surface area contributed by atoms with Gasteiger partial charge in [0.25, 0.3) is 0 Å². The van der Waals surface area contributed by atoms with E-state index in [1.807, 2.05) is 30.3 Å². The van der Waals surface area contributed by atoms with Crippen LogP contribution in [0.1, 0.15) is 28.8 Å². The molecular formula is C27H28N4O6S. The number of ether oxygens (including phenoxy) is 3. The fourth-order valence-electron chi connectivity index (χ4n) is 4.60. The number of thioether (sulfide) groups is 1. The molecule has 2 aliphatic heterocycles. The zero-order chi connectivity index (χ0) is 26.6. The van der Waals surface area contributed by atoms with Crippen molar-refractivity contribution in [1.29, 1.82) is 0 Å². The van der Waals surface area contributed by atoms with Gasteiger partial charge >= 0.3 is 12.1 Å². The van der Waals surface area contributed by atoms with Gasteiger partial charge < -0.3 is 24.8 Å². The van der Waals surface area contributed by atoms with Gasteiger partial charge in [0.2, 0.25) is 11.8 Å². The first-order chi connectivity index (χ1) is 18.5. The Labute approximate surface area is 224 Å². The first-order valence-corrected chi connectivity index (χ1v) is 13.3. The number of aromatic nitrogens is 1. The maximum Gasteiger partial charge on any atom is 0.414 e. The smallest absolute Gasteiger partial charge is 0.414 e. The second kappa shape index (κ2) is 11.3. The molecule has 0 spiro atoms. The molecule has 0 saturated carbocycles. The Morgan fingerprint density at radius 2 is 2.08 bits per heavy atom. The van der Waals surface area contributed by atoms with E-state index >= 15 is 0 Å². The Balaban J connectivity index is 1.16. The number of methoxy groups -OCH3 is 2. The number of rotatable bonds is 9. The van der Waals surface area contributed by atoms with Crippen LogP contribution in [0.5, 0.6) is 5.88 Å². The number of carbonyl (C=O) groups is 3. The van der Waals surface area contributed by atoms with Gasteiger partial charge in [-0.25, -0.2) is 14.6 Å². The van der Waals surface area contributed by atoms with E-state index in [-0.39, 0.29) is 18.1 Å². The number of hydrogen-bond acceptors (Lipinski definition) is 9. The van der Waals surface area contributed by atoms with Crippen molar-refractivity contribution in [2.24, 2.45) is 0 Å². The minimum Gasteiger partial charge on any atom is -0.481 e. The maximum absolute atomic E-state index is 12.5. The second-order valence-corrected chi connectivity index (χ2v) is 9.98. The van der Waals surface area contributed by atoms with Crippen molar-refractivity contribution < 1.29 is 28.6 Å². The Morgan fingerprint density at radius 1 is 1.21 bits per heavy atom. The van der Waals surface area contributed by atoms with Crippen LogP contribution in [0.2, 0.25) is 0 Å². The van der Waals surface area contributed by atoms with E-state index in [4.69, 9.17) is 14.2 Å². The third-order valence-corrected chi connectivity index (χ3v) is 7.58. The molecule has 1 fully saturated rings. The number of carbonyl (C=O) groups excluding carboxylic acids is 3. The predicted molar refractivity (Wildman–Crippen MR) is 144 cm³/mol. The van der Waals surface area contributed by atoms with E-state index in [1.54, 1.807) is 24.1 Å².